The minimum Gasteiger partial charge on any atom is -0.322 e. The molecule has 0 unspecified atom stereocenters. The van der Waals surface area contributed by atoms with Crippen LogP contribution in [-0.4, -0.2) is 17.4 Å². The Balaban J connectivity index is 2.58. The van der Waals surface area contributed by atoms with E-state index in [1.807, 2.05) is 0 Å². The van der Waals surface area contributed by atoms with Gasteiger partial charge >= 0.3 is 0 Å². The molecule has 1 aromatic heterocycles. The molecular formula is C7H9N3O. The molecule has 3 N–H and O–H groups in total. The van der Waals surface area contributed by atoms with Crippen LogP contribution in [-0.2, 0) is 4.79 Å². The average molecular weight is 151 g/mol. The van der Waals surface area contributed by atoms with Gasteiger partial charge in [-0.3, -0.25) is 4.79 Å². The highest BCUT2D eigenvalue weighted by atomic mass is 16.1. The number of rotatable bonds is 2. The van der Waals surface area contributed by atoms with Gasteiger partial charge in [-0.25, -0.2) is 4.98 Å². The molecule has 0 atom stereocenters. The second-order valence-electron chi connectivity index (χ2n) is 1.97. The molecule has 58 valence electrons. The highest BCUT2D eigenvalue weighted by Crippen LogP contribution is 1.97. The van der Waals surface area contributed by atoms with Crippen LogP contribution >= 0.6 is 0 Å². The SMILES string of the molecule is NCC(=O)Nc1ccccn1. The summed E-state index contributed by atoms with van der Waals surface area (Å²) in [6.07, 6.45) is 1.60. The fraction of sp³-hybridized carbons (Fsp3) is 0.143. The summed E-state index contributed by atoms with van der Waals surface area (Å²) in [5.41, 5.74) is 5.08. The van der Waals surface area contributed by atoms with Crippen molar-refractivity contribution in [3.05, 3.63) is 24.4 Å². The Morgan fingerprint density at radius 2 is 2.45 bits per heavy atom. The smallest absolute Gasteiger partial charge is 0.239 e. The molecule has 0 saturated heterocycles. The number of anilines is 1. The number of nitrogens with one attached hydrogen (secondary N) is 1. The lowest BCUT2D eigenvalue weighted by atomic mass is 10.4. The predicted octanol–water partition coefficient (Wildman–Crippen LogP) is -0.0212. The molecule has 0 radical (unpaired) electrons. The average Bonchev–Trinajstić information content (AvgIpc) is 2.06. The van der Waals surface area contributed by atoms with Gasteiger partial charge in [0.1, 0.15) is 5.82 Å². The van der Waals surface area contributed by atoms with E-state index in [4.69, 9.17) is 5.73 Å². The molecule has 1 aromatic rings. The van der Waals surface area contributed by atoms with Crippen LogP contribution in [0.1, 0.15) is 0 Å². The van der Waals surface area contributed by atoms with Crippen LogP contribution in [0.25, 0.3) is 0 Å². The third-order valence-corrected chi connectivity index (χ3v) is 1.12. The zero-order valence-corrected chi connectivity index (χ0v) is 5.95. The summed E-state index contributed by atoms with van der Waals surface area (Å²) in [4.78, 5) is 14.6. The normalized spacial score (nSPS) is 9.18. The number of pyridine rings is 1. The third kappa shape index (κ3) is 2.35. The Morgan fingerprint density at radius 1 is 1.64 bits per heavy atom. The zero-order chi connectivity index (χ0) is 8.10. The first kappa shape index (κ1) is 7.68. The largest absolute Gasteiger partial charge is 0.322 e. The van der Waals surface area contributed by atoms with E-state index in [9.17, 15) is 4.79 Å². The van der Waals surface area contributed by atoms with E-state index >= 15 is 0 Å². The minimum atomic E-state index is -0.233. The summed E-state index contributed by atoms with van der Waals surface area (Å²) in [5, 5.41) is 2.52. The Morgan fingerprint density at radius 3 is 3.00 bits per heavy atom. The molecule has 1 amide bonds. The minimum absolute atomic E-state index is 0.0173. The van der Waals surface area contributed by atoms with Gasteiger partial charge in [0.15, 0.2) is 0 Å². The Kier molecular flexibility index (Phi) is 2.57. The lowest BCUT2D eigenvalue weighted by molar-refractivity contribution is -0.114. The number of carbonyl (C=O) groups is 1. The van der Waals surface area contributed by atoms with Crippen LogP contribution in [0.5, 0.6) is 0 Å². The lowest BCUT2D eigenvalue weighted by Crippen LogP contribution is -2.22. The van der Waals surface area contributed by atoms with Crippen LogP contribution in [0, 0.1) is 0 Å². The van der Waals surface area contributed by atoms with Gasteiger partial charge in [-0.1, -0.05) is 6.07 Å². The van der Waals surface area contributed by atoms with Crippen molar-refractivity contribution >= 4 is 11.7 Å². The fourth-order valence-electron chi connectivity index (χ4n) is 0.631. The van der Waals surface area contributed by atoms with Crippen LogP contribution in [0.3, 0.4) is 0 Å². The van der Waals surface area contributed by atoms with Crippen molar-refractivity contribution in [3.8, 4) is 0 Å². The standard InChI is InChI=1S/C7H9N3O/c8-5-7(11)10-6-3-1-2-4-9-6/h1-4H,5,8H2,(H,9,10,11). The second kappa shape index (κ2) is 3.68. The Hall–Kier alpha value is -1.42. The van der Waals surface area contributed by atoms with Gasteiger partial charge < -0.3 is 11.1 Å². The molecule has 0 fully saturated rings. The van der Waals surface area contributed by atoms with Gasteiger partial charge in [0.25, 0.3) is 0 Å². The van der Waals surface area contributed by atoms with E-state index in [-0.39, 0.29) is 12.5 Å². The molecule has 0 aliphatic heterocycles. The van der Waals surface area contributed by atoms with Gasteiger partial charge in [-0.2, -0.15) is 0 Å². The molecule has 0 bridgehead atoms. The van der Waals surface area contributed by atoms with E-state index < -0.39 is 0 Å². The van der Waals surface area contributed by atoms with Crippen molar-refractivity contribution in [1.29, 1.82) is 0 Å². The maximum Gasteiger partial charge on any atom is 0.239 e. The topological polar surface area (TPSA) is 68.0 Å². The van der Waals surface area contributed by atoms with Crippen LogP contribution in [0.4, 0.5) is 5.82 Å². The summed E-state index contributed by atoms with van der Waals surface area (Å²) in [7, 11) is 0. The number of aromatic nitrogens is 1. The van der Waals surface area contributed by atoms with E-state index in [1.165, 1.54) is 0 Å². The Labute approximate surface area is 64.4 Å². The maximum absolute atomic E-state index is 10.7. The molecule has 4 heteroatoms. The van der Waals surface area contributed by atoms with E-state index in [2.05, 4.69) is 10.3 Å². The molecule has 0 aliphatic carbocycles. The van der Waals surface area contributed by atoms with E-state index in [0.717, 1.165) is 0 Å². The lowest BCUT2D eigenvalue weighted by Gasteiger charge is -1.99. The second-order valence-corrected chi connectivity index (χ2v) is 1.97. The van der Waals surface area contributed by atoms with Crippen molar-refractivity contribution in [2.24, 2.45) is 5.73 Å². The van der Waals surface area contributed by atoms with Crippen LogP contribution < -0.4 is 11.1 Å². The monoisotopic (exact) mass is 151 g/mol. The molecular weight excluding hydrogens is 142 g/mol. The molecule has 11 heavy (non-hydrogen) atoms. The molecule has 1 rings (SSSR count). The van der Waals surface area contributed by atoms with Gasteiger partial charge in [0.05, 0.1) is 6.54 Å². The summed E-state index contributed by atoms with van der Waals surface area (Å²) in [6.45, 7) is -0.0173. The van der Waals surface area contributed by atoms with E-state index in [0.29, 0.717) is 5.82 Å². The van der Waals surface area contributed by atoms with Crippen LogP contribution in [0.15, 0.2) is 24.4 Å². The van der Waals surface area contributed by atoms with Gasteiger partial charge in [-0.15, -0.1) is 0 Å². The number of hydrogen-bond donors (Lipinski definition) is 2. The molecule has 0 aromatic carbocycles. The van der Waals surface area contributed by atoms with Crippen molar-refractivity contribution in [1.82, 2.24) is 4.98 Å². The maximum atomic E-state index is 10.7. The first-order chi connectivity index (χ1) is 5.33. The summed E-state index contributed by atoms with van der Waals surface area (Å²) in [5.74, 6) is 0.298. The summed E-state index contributed by atoms with van der Waals surface area (Å²) in [6, 6.07) is 5.27. The summed E-state index contributed by atoms with van der Waals surface area (Å²) < 4.78 is 0. The third-order valence-electron chi connectivity index (χ3n) is 1.12. The molecule has 1 heterocycles. The Bertz CT molecular complexity index is 235. The molecule has 0 saturated carbocycles. The molecule has 0 aliphatic rings. The van der Waals surface area contributed by atoms with E-state index in [1.54, 1.807) is 24.4 Å². The number of carbonyl (C=O) groups excluding carboxylic acids is 1. The first-order valence-corrected chi connectivity index (χ1v) is 3.24. The van der Waals surface area contributed by atoms with Gasteiger partial charge in [-0.05, 0) is 12.1 Å². The molecule has 4 nitrogen and oxygen atoms in total. The quantitative estimate of drug-likeness (QED) is 0.624. The van der Waals surface area contributed by atoms with Crippen LogP contribution in [0.2, 0.25) is 0 Å². The predicted molar refractivity (Wildman–Crippen MR) is 41.9 cm³/mol. The summed E-state index contributed by atoms with van der Waals surface area (Å²) >= 11 is 0. The highest BCUT2D eigenvalue weighted by molar-refractivity contribution is 5.91. The number of nitrogens with two attached hydrogens (primary N) is 1. The van der Waals surface area contributed by atoms with Crippen molar-refractivity contribution in [3.63, 3.8) is 0 Å². The number of hydrogen-bond acceptors (Lipinski definition) is 3. The number of amides is 1. The highest BCUT2D eigenvalue weighted by Gasteiger charge is 1.96. The first-order valence-electron chi connectivity index (χ1n) is 3.24. The molecule has 0 spiro atoms. The van der Waals surface area contributed by atoms with Crippen molar-refractivity contribution in [2.75, 3.05) is 11.9 Å². The van der Waals surface area contributed by atoms with Gasteiger partial charge in [0.2, 0.25) is 5.91 Å². The zero-order valence-electron chi connectivity index (χ0n) is 5.95. The fourth-order valence-corrected chi connectivity index (χ4v) is 0.631. The van der Waals surface area contributed by atoms with Gasteiger partial charge in [0, 0.05) is 6.20 Å². The van der Waals surface area contributed by atoms with Crippen molar-refractivity contribution in [2.45, 2.75) is 0 Å². The number of nitrogens with zero attached hydrogens (tertiary/aromatic N) is 1. The van der Waals surface area contributed by atoms with Crippen molar-refractivity contribution < 1.29 is 4.79 Å².